The summed E-state index contributed by atoms with van der Waals surface area (Å²) >= 11 is 0. The average molecular weight is 201 g/mol. The lowest BCUT2D eigenvalue weighted by Crippen LogP contribution is -2.28. The molecule has 0 unspecified atom stereocenters. The Kier molecular flexibility index (Phi) is 2.03. The monoisotopic (exact) mass is 201 g/mol. The fourth-order valence-electron chi connectivity index (χ4n) is 1.76. The molecule has 1 atom stereocenters. The van der Waals surface area contributed by atoms with Gasteiger partial charge in [-0.1, -0.05) is 23.8 Å². The second-order valence-electron chi connectivity index (χ2n) is 3.56. The van der Waals surface area contributed by atoms with E-state index in [1.807, 2.05) is 6.07 Å². The number of halogens is 3. The van der Waals surface area contributed by atoms with Gasteiger partial charge in [0.1, 0.15) is 6.04 Å². The van der Waals surface area contributed by atoms with Crippen molar-refractivity contribution >= 4 is 0 Å². The van der Waals surface area contributed by atoms with Gasteiger partial charge in [-0.15, -0.1) is 0 Å². The molecule has 1 nitrogen and oxygen atoms in total. The van der Waals surface area contributed by atoms with E-state index in [0.717, 1.165) is 11.1 Å². The average Bonchev–Trinajstić information content (AvgIpc) is 2.45. The van der Waals surface area contributed by atoms with Gasteiger partial charge in [0, 0.05) is 6.54 Å². The van der Waals surface area contributed by atoms with Gasteiger partial charge in [0.2, 0.25) is 0 Å². The molecular weight excluding hydrogens is 191 g/mol. The Morgan fingerprint density at radius 1 is 1.36 bits per heavy atom. The van der Waals surface area contributed by atoms with E-state index in [9.17, 15) is 13.2 Å². The quantitative estimate of drug-likeness (QED) is 0.680. The molecule has 0 amide bonds. The number of alkyl halides is 3. The minimum absolute atomic E-state index is 0.305. The van der Waals surface area contributed by atoms with Crippen LogP contribution in [-0.2, 0) is 6.54 Å². The van der Waals surface area contributed by atoms with Crippen LogP contribution in [0.4, 0.5) is 13.2 Å². The summed E-state index contributed by atoms with van der Waals surface area (Å²) in [6, 6.07) is 3.70. The second-order valence-corrected chi connectivity index (χ2v) is 3.56. The SMILES string of the molecule is Cc1ccc2c(c1)[C@H](C(F)(F)F)NC2. The third kappa shape index (κ3) is 1.50. The van der Waals surface area contributed by atoms with Gasteiger partial charge >= 0.3 is 6.18 Å². The van der Waals surface area contributed by atoms with Gasteiger partial charge < -0.3 is 0 Å². The molecule has 0 spiro atoms. The number of benzene rings is 1. The van der Waals surface area contributed by atoms with Crippen molar-refractivity contribution in [2.24, 2.45) is 0 Å². The first-order valence-corrected chi connectivity index (χ1v) is 4.38. The highest BCUT2D eigenvalue weighted by Gasteiger charge is 2.44. The van der Waals surface area contributed by atoms with Crippen molar-refractivity contribution in [3.05, 3.63) is 34.9 Å². The van der Waals surface area contributed by atoms with E-state index >= 15 is 0 Å². The van der Waals surface area contributed by atoms with Gasteiger partial charge in [-0.25, -0.2) is 0 Å². The molecule has 0 aromatic heterocycles. The van der Waals surface area contributed by atoms with Crippen LogP contribution in [0.15, 0.2) is 18.2 Å². The zero-order valence-corrected chi connectivity index (χ0v) is 7.65. The number of fused-ring (bicyclic) bond motifs is 1. The van der Waals surface area contributed by atoms with Gasteiger partial charge in [0.05, 0.1) is 0 Å². The van der Waals surface area contributed by atoms with Crippen molar-refractivity contribution in [3.63, 3.8) is 0 Å². The first-order valence-electron chi connectivity index (χ1n) is 4.38. The molecule has 1 aromatic rings. The molecule has 1 aliphatic heterocycles. The molecule has 0 saturated heterocycles. The molecule has 1 heterocycles. The van der Waals surface area contributed by atoms with Crippen LogP contribution in [0.1, 0.15) is 22.7 Å². The summed E-state index contributed by atoms with van der Waals surface area (Å²) in [5.74, 6) is 0. The van der Waals surface area contributed by atoms with E-state index in [-0.39, 0.29) is 0 Å². The van der Waals surface area contributed by atoms with Crippen molar-refractivity contribution in [3.8, 4) is 0 Å². The first kappa shape index (κ1) is 9.52. The van der Waals surface area contributed by atoms with Gasteiger partial charge in [0.15, 0.2) is 0 Å². The van der Waals surface area contributed by atoms with E-state index in [0.29, 0.717) is 12.1 Å². The first-order chi connectivity index (χ1) is 6.48. The van der Waals surface area contributed by atoms with Crippen LogP contribution in [0.25, 0.3) is 0 Å². The van der Waals surface area contributed by atoms with Gasteiger partial charge in [-0.2, -0.15) is 13.2 Å². The minimum Gasteiger partial charge on any atom is -0.298 e. The van der Waals surface area contributed by atoms with Crippen molar-refractivity contribution in [1.82, 2.24) is 5.32 Å². The van der Waals surface area contributed by atoms with E-state index in [1.54, 1.807) is 19.1 Å². The highest BCUT2D eigenvalue weighted by molar-refractivity contribution is 5.37. The van der Waals surface area contributed by atoms with Crippen LogP contribution >= 0.6 is 0 Å². The van der Waals surface area contributed by atoms with Crippen molar-refractivity contribution in [1.29, 1.82) is 0 Å². The predicted molar refractivity (Wildman–Crippen MR) is 46.8 cm³/mol. The summed E-state index contributed by atoms with van der Waals surface area (Å²) in [6.07, 6.45) is -4.20. The van der Waals surface area contributed by atoms with Crippen molar-refractivity contribution in [2.75, 3.05) is 0 Å². The lowest BCUT2D eigenvalue weighted by molar-refractivity contribution is -0.155. The highest BCUT2D eigenvalue weighted by atomic mass is 19.4. The van der Waals surface area contributed by atoms with Gasteiger partial charge in [-0.05, 0) is 18.1 Å². The van der Waals surface area contributed by atoms with E-state index < -0.39 is 12.2 Å². The fourth-order valence-corrected chi connectivity index (χ4v) is 1.76. The molecule has 1 N–H and O–H groups in total. The Morgan fingerprint density at radius 2 is 2.07 bits per heavy atom. The Labute approximate surface area is 79.9 Å². The maximum atomic E-state index is 12.5. The smallest absolute Gasteiger partial charge is 0.298 e. The number of hydrogen-bond donors (Lipinski definition) is 1. The standard InChI is InChI=1S/C10H10F3N/c1-6-2-3-7-5-14-9(8(7)4-6)10(11,12)13/h2-4,9,14H,5H2,1H3/t9-/m1/s1. The zero-order chi connectivity index (χ0) is 10.3. The van der Waals surface area contributed by atoms with Crippen LogP contribution in [0.5, 0.6) is 0 Å². The molecule has 2 rings (SSSR count). The van der Waals surface area contributed by atoms with Crippen LogP contribution in [0.3, 0.4) is 0 Å². The van der Waals surface area contributed by atoms with Crippen LogP contribution in [0, 0.1) is 6.92 Å². The molecule has 1 aromatic carbocycles. The zero-order valence-electron chi connectivity index (χ0n) is 7.65. The normalized spacial score (nSPS) is 21.0. The van der Waals surface area contributed by atoms with Crippen molar-refractivity contribution in [2.45, 2.75) is 25.7 Å². The van der Waals surface area contributed by atoms with Gasteiger partial charge in [-0.3, -0.25) is 5.32 Å². The molecule has 1 aliphatic rings. The molecule has 0 saturated carbocycles. The number of nitrogens with one attached hydrogen (secondary N) is 1. The Hall–Kier alpha value is -1.03. The maximum absolute atomic E-state index is 12.5. The molecule has 0 bridgehead atoms. The minimum atomic E-state index is -4.20. The molecule has 76 valence electrons. The number of rotatable bonds is 0. The fraction of sp³-hybridized carbons (Fsp3) is 0.400. The maximum Gasteiger partial charge on any atom is 0.407 e. The third-order valence-corrected chi connectivity index (χ3v) is 2.44. The molecule has 0 aliphatic carbocycles. The summed E-state index contributed by atoms with van der Waals surface area (Å²) in [5.41, 5.74) is 1.98. The summed E-state index contributed by atoms with van der Waals surface area (Å²) < 4.78 is 37.5. The Balaban J connectivity index is 2.43. The summed E-state index contributed by atoms with van der Waals surface area (Å²) in [6.45, 7) is 2.10. The summed E-state index contributed by atoms with van der Waals surface area (Å²) in [4.78, 5) is 0. The highest BCUT2D eigenvalue weighted by Crippen LogP contribution is 2.38. The lowest BCUT2D eigenvalue weighted by Gasteiger charge is -2.16. The summed E-state index contributed by atoms with van der Waals surface area (Å²) in [5, 5.41) is 2.46. The third-order valence-electron chi connectivity index (χ3n) is 2.44. The van der Waals surface area contributed by atoms with Gasteiger partial charge in [0.25, 0.3) is 0 Å². The van der Waals surface area contributed by atoms with E-state index in [4.69, 9.17) is 0 Å². The molecule has 14 heavy (non-hydrogen) atoms. The van der Waals surface area contributed by atoms with Crippen LogP contribution in [-0.4, -0.2) is 6.18 Å². The predicted octanol–water partition coefficient (Wildman–Crippen LogP) is 2.70. The molecular formula is C10H10F3N. The van der Waals surface area contributed by atoms with E-state index in [1.165, 1.54) is 0 Å². The number of hydrogen-bond acceptors (Lipinski definition) is 1. The van der Waals surface area contributed by atoms with Crippen LogP contribution in [0.2, 0.25) is 0 Å². The molecule has 0 radical (unpaired) electrons. The van der Waals surface area contributed by atoms with Crippen molar-refractivity contribution < 1.29 is 13.2 Å². The van der Waals surface area contributed by atoms with E-state index in [2.05, 4.69) is 5.32 Å². The topological polar surface area (TPSA) is 12.0 Å². The Morgan fingerprint density at radius 3 is 2.71 bits per heavy atom. The second kappa shape index (κ2) is 2.98. The van der Waals surface area contributed by atoms with Crippen LogP contribution < -0.4 is 5.32 Å². The number of aryl methyl sites for hydroxylation is 1. The molecule has 0 fully saturated rings. The lowest BCUT2D eigenvalue weighted by atomic mass is 10.0. The largest absolute Gasteiger partial charge is 0.407 e. The summed E-state index contributed by atoms with van der Waals surface area (Å²) in [7, 11) is 0. The Bertz CT molecular complexity index is 357. The molecule has 4 heteroatoms.